The van der Waals surface area contributed by atoms with Gasteiger partial charge in [0.15, 0.2) is 0 Å². The van der Waals surface area contributed by atoms with Crippen molar-refractivity contribution in [2.24, 2.45) is 0 Å². The van der Waals surface area contributed by atoms with Gasteiger partial charge in [0.25, 0.3) is 0 Å². The Labute approximate surface area is 102 Å². The number of hydrogen-bond acceptors (Lipinski definition) is 5. The van der Waals surface area contributed by atoms with Crippen LogP contribution < -0.4 is 0 Å². The van der Waals surface area contributed by atoms with Gasteiger partial charge in [0.1, 0.15) is 6.61 Å². The number of ether oxygens (including phenoxy) is 3. The van der Waals surface area contributed by atoms with Crippen LogP contribution in [0.25, 0.3) is 0 Å². The SMILES string of the molecule is COCCCN(CCC(=O)OC)C(=O)COC. The summed E-state index contributed by atoms with van der Waals surface area (Å²) in [5.41, 5.74) is 0. The molecular weight excluding hydrogens is 226 g/mol. The Bertz CT molecular complexity index is 232. The molecule has 0 unspecified atom stereocenters. The Hall–Kier alpha value is -1.14. The molecule has 0 fully saturated rings. The van der Waals surface area contributed by atoms with E-state index < -0.39 is 0 Å². The zero-order chi connectivity index (χ0) is 13.1. The summed E-state index contributed by atoms with van der Waals surface area (Å²) in [4.78, 5) is 24.2. The molecular formula is C11H21NO5. The van der Waals surface area contributed by atoms with E-state index in [0.29, 0.717) is 19.7 Å². The summed E-state index contributed by atoms with van der Waals surface area (Å²) < 4.78 is 14.2. The molecule has 0 aromatic rings. The molecule has 0 aromatic heterocycles. The number of methoxy groups -OCH3 is 3. The lowest BCUT2D eigenvalue weighted by Gasteiger charge is -2.21. The monoisotopic (exact) mass is 247 g/mol. The largest absolute Gasteiger partial charge is 0.469 e. The van der Waals surface area contributed by atoms with Gasteiger partial charge in [0.05, 0.1) is 13.5 Å². The van der Waals surface area contributed by atoms with E-state index in [9.17, 15) is 9.59 Å². The highest BCUT2D eigenvalue weighted by atomic mass is 16.5. The van der Waals surface area contributed by atoms with Crippen LogP contribution in [0.5, 0.6) is 0 Å². The Balaban J connectivity index is 4.09. The maximum Gasteiger partial charge on any atom is 0.307 e. The van der Waals surface area contributed by atoms with Gasteiger partial charge in [-0.25, -0.2) is 0 Å². The molecule has 6 nitrogen and oxygen atoms in total. The van der Waals surface area contributed by atoms with E-state index in [1.807, 2.05) is 0 Å². The maximum absolute atomic E-state index is 11.6. The number of nitrogens with zero attached hydrogens (tertiary/aromatic N) is 1. The van der Waals surface area contributed by atoms with Crippen LogP contribution in [0.4, 0.5) is 0 Å². The lowest BCUT2D eigenvalue weighted by Crippen LogP contribution is -2.36. The molecule has 0 radical (unpaired) electrons. The molecule has 0 bridgehead atoms. The van der Waals surface area contributed by atoms with Crippen molar-refractivity contribution in [2.75, 3.05) is 47.6 Å². The zero-order valence-electron chi connectivity index (χ0n) is 10.7. The molecule has 0 aliphatic heterocycles. The van der Waals surface area contributed by atoms with Crippen LogP contribution >= 0.6 is 0 Å². The third-order valence-electron chi connectivity index (χ3n) is 2.21. The highest BCUT2D eigenvalue weighted by Crippen LogP contribution is 1.98. The van der Waals surface area contributed by atoms with E-state index in [1.54, 1.807) is 12.0 Å². The molecule has 0 saturated heterocycles. The molecule has 0 N–H and O–H groups in total. The van der Waals surface area contributed by atoms with E-state index >= 15 is 0 Å². The number of hydrogen-bond donors (Lipinski definition) is 0. The van der Waals surface area contributed by atoms with Crippen molar-refractivity contribution in [3.05, 3.63) is 0 Å². The molecule has 0 atom stereocenters. The molecule has 17 heavy (non-hydrogen) atoms. The summed E-state index contributed by atoms with van der Waals surface area (Å²) in [5.74, 6) is -0.459. The van der Waals surface area contributed by atoms with Gasteiger partial charge in [-0.2, -0.15) is 0 Å². The van der Waals surface area contributed by atoms with E-state index in [1.165, 1.54) is 14.2 Å². The molecule has 0 aromatic carbocycles. The second-order valence-corrected chi connectivity index (χ2v) is 3.49. The Morgan fingerprint density at radius 3 is 2.29 bits per heavy atom. The smallest absolute Gasteiger partial charge is 0.307 e. The molecule has 0 aliphatic carbocycles. The summed E-state index contributed by atoms with van der Waals surface area (Å²) >= 11 is 0. The lowest BCUT2D eigenvalue weighted by molar-refractivity contribution is -0.142. The topological polar surface area (TPSA) is 65.1 Å². The molecule has 0 rings (SSSR count). The minimum absolute atomic E-state index is 0.0220. The number of carbonyl (C=O) groups excluding carboxylic acids is 2. The first-order valence-electron chi connectivity index (χ1n) is 5.48. The van der Waals surface area contributed by atoms with Gasteiger partial charge in [-0.3, -0.25) is 9.59 Å². The average Bonchev–Trinajstić information content (AvgIpc) is 2.33. The fourth-order valence-electron chi connectivity index (χ4n) is 1.30. The van der Waals surface area contributed by atoms with Gasteiger partial charge in [-0.15, -0.1) is 0 Å². The third kappa shape index (κ3) is 7.70. The minimum Gasteiger partial charge on any atom is -0.469 e. The Morgan fingerprint density at radius 1 is 1.06 bits per heavy atom. The quantitative estimate of drug-likeness (QED) is 0.426. The predicted molar refractivity (Wildman–Crippen MR) is 61.6 cm³/mol. The van der Waals surface area contributed by atoms with Crippen LogP contribution in [0.15, 0.2) is 0 Å². The highest BCUT2D eigenvalue weighted by Gasteiger charge is 2.14. The van der Waals surface area contributed by atoms with Gasteiger partial charge in [0.2, 0.25) is 5.91 Å². The van der Waals surface area contributed by atoms with Crippen molar-refractivity contribution in [2.45, 2.75) is 12.8 Å². The fourth-order valence-corrected chi connectivity index (χ4v) is 1.30. The molecule has 0 saturated carbocycles. The summed E-state index contributed by atoms with van der Waals surface area (Å²) in [7, 11) is 4.40. The van der Waals surface area contributed by atoms with Gasteiger partial charge >= 0.3 is 5.97 Å². The summed E-state index contributed by atoms with van der Waals surface area (Å²) in [5, 5.41) is 0. The third-order valence-corrected chi connectivity index (χ3v) is 2.21. The molecule has 0 spiro atoms. The summed E-state index contributed by atoms with van der Waals surface area (Å²) in [6.07, 6.45) is 0.923. The molecule has 0 heterocycles. The highest BCUT2D eigenvalue weighted by molar-refractivity contribution is 5.78. The molecule has 0 aliphatic rings. The van der Waals surface area contributed by atoms with E-state index in [2.05, 4.69) is 4.74 Å². The number of amides is 1. The van der Waals surface area contributed by atoms with Crippen molar-refractivity contribution >= 4 is 11.9 Å². The van der Waals surface area contributed by atoms with Crippen LogP contribution in [-0.4, -0.2) is 64.4 Å². The Kier molecular flexibility index (Phi) is 9.37. The van der Waals surface area contributed by atoms with Crippen LogP contribution in [0.3, 0.4) is 0 Å². The van der Waals surface area contributed by atoms with Crippen molar-refractivity contribution in [3.8, 4) is 0 Å². The number of carbonyl (C=O) groups is 2. The number of esters is 1. The Morgan fingerprint density at radius 2 is 1.76 bits per heavy atom. The first kappa shape index (κ1) is 15.9. The van der Waals surface area contributed by atoms with E-state index in [0.717, 1.165) is 6.42 Å². The molecule has 100 valence electrons. The summed E-state index contributed by atoms with van der Waals surface area (Å²) in [6, 6.07) is 0. The summed E-state index contributed by atoms with van der Waals surface area (Å²) in [6.45, 7) is 1.49. The standard InChI is InChI=1S/C11H21NO5/c1-15-8-4-6-12(10(13)9-16-2)7-5-11(14)17-3/h4-9H2,1-3H3. The average molecular weight is 247 g/mol. The van der Waals surface area contributed by atoms with Gasteiger partial charge in [-0.05, 0) is 6.42 Å². The van der Waals surface area contributed by atoms with Gasteiger partial charge in [-0.1, -0.05) is 0 Å². The first-order chi connectivity index (χ1) is 8.15. The van der Waals surface area contributed by atoms with Crippen LogP contribution in [0, 0.1) is 0 Å². The van der Waals surface area contributed by atoms with E-state index in [-0.39, 0.29) is 24.9 Å². The normalized spacial score (nSPS) is 10.1. The second-order valence-electron chi connectivity index (χ2n) is 3.49. The lowest BCUT2D eigenvalue weighted by atomic mass is 10.3. The zero-order valence-corrected chi connectivity index (χ0v) is 10.7. The predicted octanol–water partition coefficient (Wildman–Crippen LogP) is 0.0610. The van der Waals surface area contributed by atoms with Crippen molar-refractivity contribution in [1.29, 1.82) is 0 Å². The number of rotatable bonds is 9. The minimum atomic E-state index is -0.327. The van der Waals surface area contributed by atoms with Gasteiger partial charge < -0.3 is 19.1 Å². The second kappa shape index (κ2) is 10.0. The maximum atomic E-state index is 11.6. The fraction of sp³-hybridized carbons (Fsp3) is 0.818. The molecule has 1 amide bonds. The first-order valence-corrected chi connectivity index (χ1v) is 5.48. The van der Waals surface area contributed by atoms with Crippen molar-refractivity contribution in [1.82, 2.24) is 4.90 Å². The van der Waals surface area contributed by atoms with Crippen LogP contribution in [0.2, 0.25) is 0 Å². The molecule has 6 heteroatoms. The van der Waals surface area contributed by atoms with Crippen molar-refractivity contribution in [3.63, 3.8) is 0 Å². The van der Waals surface area contributed by atoms with E-state index in [4.69, 9.17) is 9.47 Å². The van der Waals surface area contributed by atoms with Crippen LogP contribution in [0.1, 0.15) is 12.8 Å². The van der Waals surface area contributed by atoms with Gasteiger partial charge in [0, 0.05) is 33.9 Å². The van der Waals surface area contributed by atoms with Crippen molar-refractivity contribution < 1.29 is 23.8 Å². The van der Waals surface area contributed by atoms with Crippen LogP contribution in [-0.2, 0) is 23.8 Å².